The van der Waals surface area contributed by atoms with Gasteiger partial charge in [0.2, 0.25) is 11.0 Å². The van der Waals surface area contributed by atoms with E-state index in [0.29, 0.717) is 16.9 Å². The van der Waals surface area contributed by atoms with Crippen molar-refractivity contribution in [2.45, 2.75) is 24.3 Å². The zero-order valence-electron chi connectivity index (χ0n) is 13.6. The first kappa shape index (κ1) is 16.0. The Morgan fingerprint density at radius 1 is 1.16 bits per heavy atom. The van der Waals surface area contributed by atoms with Gasteiger partial charge >= 0.3 is 0 Å². The first-order chi connectivity index (χ1) is 12.2. The molecule has 0 saturated carbocycles. The third kappa shape index (κ3) is 3.49. The molecule has 0 bridgehead atoms. The van der Waals surface area contributed by atoms with Gasteiger partial charge in [0.1, 0.15) is 0 Å². The topological polar surface area (TPSA) is 80.5 Å². The number of aromatic amines is 1. The van der Waals surface area contributed by atoms with Crippen LogP contribution in [0.15, 0.2) is 51.4 Å². The van der Waals surface area contributed by atoms with E-state index in [0.717, 1.165) is 16.3 Å². The Morgan fingerprint density at radius 2 is 2.00 bits per heavy atom. The van der Waals surface area contributed by atoms with E-state index in [1.165, 1.54) is 17.3 Å². The average Bonchev–Trinajstić information content (AvgIpc) is 3.36. The Balaban J connectivity index is 1.48. The van der Waals surface area contributed by atoms with E-state index in [2.05, 4.69) is 44.4 Å². The van der Waals surface area contributed by atoms with Gasteiger partial charge in [-0.3, -0.25) is 5.10 Å². The fourth-order valence-corrected chi connectivity index (χ4v) is 3.65. The fourth-order valence-electron chi connectivity index (χ4n) is 2.25. The molecule has 1 N–H and O–H groups in total. The van der Waals surface area contributed by atoms with Crippen molar-refractivity contribution in [3.63, 3.8) is 0 Å². The second-order valence-electron chi connectivity index (χ2n) is 5.52. The van der Waals surface area contributed by atoms with Crippen molar-refractivity contribution in [1.29, 1.82) is 0 Å². The molecule has 3 heterocycles. The summed E-state index contributed by atoms with van der Waals surface area (Å²) >= 11 is 3.05. The van der Waals surface area contributed by atoms with E-state index in [9.17, 15) is 0 Å². The van der Waals surface area contributed by atoms with Crippen LogP contribution in [0.2, 0.25) is 0 Å². The van der Waals surface area contributed by atoms with E-state index in [-0.39, 0.29) is 5.25 Å². The van der Waals surface area contributed by atoms with Crippen LogP contribution in [0.3, 0.4) is 0 Å². The summed E-state index contributed by atoms with van der Waals surface area (Å²) < 4.78 is 5.77. The molecule has 8 heteroatoms. The molecule has 0 spiro atoms. The Hall–Kier alpha value is -2.45. The van der Waals surface area contributed by atoms with Crippen LogP contribution in [0.1, 0.15) is 23.6 Å². The van der Waals surface area contributed by atoms with Gasteiger partial charge in [0.25, 0.3) is 5.89 Å². The third-order valence-corrected chi connectivity index (χ3v) is 5.40. The lowest BCUT2D eigenvalue weighted by Crippen LogP contribution is -1.89. The van der Waals surface area contributed by atoms with Crippen LogP contribution < -0.4 is 0 Å². The summed E-state index contributed by atoms with van der Waals surface area (Å²) in [7, 11) is 0. The van der Waals surface area contributed by atoms with E-state index in [4.69, 9.17) is 4.42 Å². The average molecular weight is 369 g/mol. The van der Waals surface area contributed by atoms with Crippen LogP contribution >= 0.6 is 23.1 Å². The van der Waals surface area contributed by atoms with Crippen molar-refractivity contribution < 1.29 is 4.42 Å². The standard InChI is InChI=1S/C17H15N5OS2/c1-10-5-7-12(8-6-10)14-18-17(22-19-14)25-11(2)15-20-21-16(23-15)13-4-3-9-24-13/h3-9,11H,1-2H3,(H,18,19,22)/t11-/m0/s1. The van der Waals surface area contributed by atoms with E-state index in [1.54, 1.807) is 11.3 Å². The molecule has 3 aromatic heterocycles. The predicted octanol–water partition coefficient (Wildman–Crippen LogP) is 4.74. The summed E-state index contributed by atoms with van der Waals surface area (Å²) in [5.74, 6) is 1.86. The molecule has 0 amide bonds. The molecular weight excluding hydrogens is 354 g/mol. The highest BCUT2D eigenvalue weighted by atomic mass is 32.2. The van der Waals surface area contributed by atoms with Crippen LogP contribution in [0.5, 0.6) is 0 Å². The minimum Gasteiger partial charge on any atom is -0.419 e. The van der Waals surface area contributed by atoms with Crippen LogP contribution in [0.25, 0.3) is 22.2 Å². The number of nitrogens with zero attached hydrogens (tertiary/aromatic N) is 4. The molecule has 126 valence electrons. The highest BCUT2D eigenvalue weighted by Crippen LogP contribution is 2.34. The van der Waals surface area contributed by atoms with E-state index < -0.39 is 0 Å². The minimum atomic E-state index is -0.0390. The molecule has 0 aliphatic carbocycles. The van der Waals surface area contributed by atoms with Crippen molar-refractivity contribution in [2.24, 2.45) is 0 Å². The second kappa shape index (κ2) is 6.81. The van der Waals surface area contributed by atoms with Crippen LogP contribution in [0, 0.1) is 6.92 Å². The van der Waals surface area contributed by atoms with Gasteiger partial charge in [0.15, 0.2) is 5.82 Å². The molecule has 0 radical (unpaired) electrons. The highest BCUT2D eigenvalue weighted by Gasteiger charge is 2.19. The molecule has 6 nitrogen and oxygen atoms in total. The maximum atomic E-state index is 5.77. The van der Waals surface area contributed by atoms with Gasteiger partial charge in [-0.05, 0) is 25.3 Å². The first-order valence-corrected chi connectivity index (χ1v) is 9.48. The van der Waals surface area contributed by atoms with E-state index in [1.807, 2.05) is 36.6 Å². The summed E-state index contributed by atoms with van der Waals surface area (Å²) in [6.07, 6.45) is 0. The molecular formula is C17H15N5OS2. The Bertz CT molecular complexity index is 959. The van der Waals surface area contributed by atoms with Crippen molar-refractivity contribution >= 4 is 23.1 Å². The number of nitrogens with one attached hydrogen (secondary N) is 1. The monoisotopic (exact) mass is 369 g/mol. The SMILES string of the molecule is Cc1ccc(-c2nc(S[C@@H](C)c3nnc(-c4cccs4)o3)n[nH]2)cc1. The lowest BCUT2D eigenvalue weighted by Gasteiger charge is -2.01. The maximum absolute atomic E-state index is 5.77. The summed E-state index contributed by atoms with van der Waals surface area (Å²) in [5.41, 5.74) is 2.22. The number of thiophene rings is 1. The van der Waals surface area contributed by atoms with Crippen molar-refractivity contribution in [1.82, 2.24) is 25.4 Å². The van der Waals surface area contributed by atoms with Gasteiger partial charge in [-0.15, -0.1) is 26.6 Å². The number of benzene rings is 1. The van der Waals surface area contributed by atoms with Gasteiger partial charge in [0, 0.05) is 5.56 Å². The second-order valence-corrected chi connectivity index (χ2v) is 7.77. The Kier molecular flexibility index (Phi) is 4.37. The highest BCUT2D eigenvalue weighted by molar-refractivity contribution is 7.99. The number of hydrogen-bond acceptors (Lipinski definition) is 7. The molecule has 0 unspecified atom stereocenters. The Morgan fingerprint density at radius 3 is 2.76 bits per heavy atom. The zero-order chi connectivity index (χ0) is 17.2. The third-order valence-electron chi connectivity index (χ3n) is 3.59. The van der Waals surface area contributed by atoms with Crippen LogP contribution in [-0.2, 0) is 0 Å². The number of aromatic nitrogens is 5. The summed E-state index contributed by atoms with van der Waals surface area (Å²) in [6.45, 7) is 4.06. The van der Waals surface area contributed by atoms with Crippen molar-refractivity contribution in [3.8, 4) is 22.2 Å². The molecule has 1 aromatic carbocycles. The molecule has 1 atom stereocenters. The molecule has 4 rings (SSSR count). The maximum Gasteiger partial charge on any atom is 0.257 e. The number of rotatable bonds is 5. The molecule has 0 fully saturated rings. The molecule has 0 saturated heterocycles. The van der Waals surface area contributed by atoms with Gasteiger partial charge in [-0.1, -0.05) is 47.7 Å². The lowest BCUT2D eigenvalue weighted by molar-refractivity contribution is 0.510. The summed E-state index contributed by atoms with van der Waals surface area (Å²) in [5, 5.41) is 18.1. The molecule has 4 aromatic rings. The van der Waals surface area contributed by atoms with Gasteiger partial charge < -0.3 is 4.42 Å². The number of hydrogen-bond donors (Lipinski definition) is 1. The van der Waals surface area contributed by atoms with Crippen LogP contribution in [-0.4, -0.2) is 25.4 Å². The van der Waals surface area contributed by atoms with Gasteiger partial charge in [0.05, 0.1) is 10.1 Å². The molecule has 0 aliphatic rings. The van der Waals surface area contributed by atoms with Gasteiger partial charge in [-0.25, -0.2) is 4.98 Å². The minimum absolute atomic E-state index is 0.0390. The normalized spacial score (nSPS) is 12.4. The predicted molar refractivity (Wildman–Crippen MR) is 98.4 cm³/mol. The van der Waals surface area contributed by atoms with Gasteiger partial charge in [-0.2, -0.15) is 0 Å². The van der Waals surface area contributed by atoms with Crippen molar-refractivity contribution in [3.05, 3.63) is 53.2 Å². The summed E-state index contributed by atoms with van der Waals surface area (Å²) in [4.78, 5) is 5.51. The number of aryl methyl sites for hydroxylation is 1. The zero-order valence-corrected chi connectivity index (χ0v) is 15.3. The quantitative estimate of drug-likeness (QED) is 0.512. The van der Waals surface area contributed by atoms with Crippen molar-refractivity contribution in [2.75, 3.05) is 0 Å². The first-order valence-electron chi connectivity index (χ1n) is 7.72. The molecule has 0 aliphatic heterocycles. The summed E-state index contributed by atoms with van der Waals surface area (Å²) in [6, 6.07) is 12.1. The lowest BCUT2D eigenvalue weighted by atomic mass is 10.1. The Labute approximate surface area is 152 Å². The number of thioether (sulfide) groups is 1. The smallest absolute Gasteiger partial charge is 0.257 e. The van der Waals surface area contributed by atoms with Crippen LogP contribution in [0.4, 0.5) is 0 Å². The largest absolute Gasteiger partial charge is 0.419 e. The fraction of sp³-hybridized carbons (Fsp3) is 0.176. The number of H-pyrrole nitrogens is 1. The molecule has 25 heavy (non-hydrogen) atoms. The van der Waals surface area contributed by atoms with E-state index >= 15 is 0 Å².